The summed E-state index contributed by atoms with van der Waals surface area (Å²) in [5, 5.41) is 9.23. The van der Waals surface area contributed by atoms with Gasteiger partial charge in [0.25, 0.3) is 0 Å². The molecule has 0 spiro atoms. The molecule has 0 unspecified atom stereocenters. The Morgan fingerprint density at radius 3 is 2.92 bits per heavy atom. The SMILES string of the molecule is OCCCOCc1cccc(Cl)c1. The summed E-state index contributed by atoms with van der Waals surface area (Å²) < 4.78 is 5.30. The summed E-state index contributed by atoms with van der Waals surface area (Å²) in [5.74, 6) is 0. The highest BCUT2D eigenvalue weighted by molar-refractivity contribution is 6.30. The smallest absolute Gasteiger partial charge is 0.0717 e. The lowest BCUT2D eigenvalue weighted by atomic mass is 10.2. The molecule has 0 amide bonds. The number of hydrogen-bond acceptors (Lipinski definition) is 2. The fourth-order valence-corrected chi connectivity index (χ4v) is 1.20. The number of halogens is 1. The van der Waals surface area contributed by atoms with Gasteiger partial charge >= 0.3 is 0 Å². The minimum absolute atomic E-state index is 0.176. The summed E-state index contributed by atoms with van der Waals surface area (Å²) in [6, 6.07) is 7.57. The van der Waals surface area contributed by atoms with Crippen molar-refractivity contribution in [1.29, 1.82) is 0 Å². The summed E-state index contributed by atoms with van der Waals surface area (Å²) in [7, 11) is 0. The Balaban J connectivity index is 2.28. The van der Waals surface area contributed by atoms with E-state index in [0.29, 0.717) is 19.6 Å². The van der Waals surface area contributed by atoms with Crippen molar-refractivity contribution in [3.05, 3.63) is 34.9 Å². The van der Waals surface area contributed by atoms with Crippen molar-refractivity contribution in [3.8, 4) is 0 Å². The minimum Gasteiger partial charge on any atom is -0.396 e. The number of ether oxygens (including phenoxy) is 1. The third-order valence-corrected chi connectivity index (χ3v) is 1.84. The Labute approximate surface area is 83.1 Å². The van der Waals surface area contributed by atoms with Crippen molar-refractivity contribution in [2.75, 3.05) is 13.2 Å². The highest BCUT2D eigenvalue weighted by Gasteiger charge is 1.93. The molecule has 0 aliphatic carbocycles. The fourth-order valence-electron chi connectivity index (χ4n) is 0.983. The normalized spacial score (nSPS) is 10.3. The van der Waals surface area contributed by atoms with Crippen LogP contribution in [0, 0.1) is 0 Å². The number of benzene rings is 1. The maximum atomic E-state index is 8.51. The Bertz CT molecular complexity index is 250. The summed E-state index contributed by atoms with van der Waals surface area (Å²) >= 11 is 5.79. The van der Waals surface area contributed by atoms with Crippen molar-refractivity contribution >= 4 is 11.6 Å². The molecule has 0 bridgehead atoms. The average molecular weight is 201 g/mol. The van der Waals surface area contributed by atoms with Crippen LogP contribution >= 0.6 is 11.6 Å². The van der Waals surface area contributed by atoms with Crippen LogP contribution in [0.3, 0.4) is 0 Å². The number of aliphatic hydroxyl groups is 1. The predicted molar refractivity (Wildman–Crippen MR) is 52.8 cm³/mol. The van der Waals surface area contributed by atoms with E-state index in [9.17, 15) is 0 Å². The first kappa shape index (κ1) is 10.5. The highest BCUT2D eigenvalue weighted by atomic mass is 35.5. The molecule has 1 rings (SSSR count). The van der Waals surface area contributed by atoms with Crippen LogP contribution in [0.25, 0.3) is 0 Å². The standard InChI is InChI=1S/C10H13ClO2/c11-10-4-1-3-9(7-10)8-13-6-2-5-12/h1,3-4,7,12H,2,5-6,8H2. The van der Waals surface area contributed by atoms with E-state index in [4.69, 9.17) is 21.4 Å². The van der Waals surface area contributed by atoms with Gasteiger partial charge in [0, 0.05) is 18.2 Å². The van der Waals surface area contributed by atoms with E-state index >= 15 is 0 Å². The summed E-state index contributed by atoms with van der Waals surface area (Å²) in [4.78, 5) is 0. The molecule has 13 heavy (non-hydrogen) atoms. The average Bonchev–Trinajstić information content (AvgIpc) is 2.13. The van der Waals surface area contributed by atoms with Crippen LogP contribution in [0.15, 0.2) is 24.3 Å². The molecule has 2 nitrogen and oxygen atoms in total. The van der Waals surface area contributed by atoms with Gasteiger partial charge in [-0.2, -0.15) is 0 Å². The molecule has 1 aromatic rings. The van der Waals surface area contributed by atoms with Crippen LogP contribution in [0.2, 0.25) is 5.02 Å². The van der Waals surface area contributed by atoms with Crippen LogP contribution in [-0.4, -0.2) is 18.3 Å². The molecule has 1 aromatic carbocycles. The number of hydrogen-bond donors (Lipinski definition) is 1. The van der Waals surface area contributed by atoms with Gasteiger partial charge in [-0.15, -0.1) is 0 Å². The first-order chi connectivity index (χ1) is 6.33. The van der Waals surface area contributed by atoms with Gasteiger partial charge in [-0.3, -0.25) is 0 Å². The number of aliphatic hydroxyl groups excluding tert-OH is 1. The Morgan fingerprint density at radius 2 is 2.23 bits per heavy atom. The molecule has 0 saturated carbocycles. The number of rotatable bonds is 5. The van der Waals surface area contributed by atoms with Gasteiger partial charge in [-0.1, -0.05) is 23.7 Å². The van der Waals surface area contributed by atoms with Gasteiger partial charge in [-0.05, 0) is 24.1 Å². The lowest BCUT2D eigenvalue weighted by Gasteiger charge is -2.03. The molecular formula is C10H13ClO2. The summed E-state index contributed by atoms with van der Waals surface area (Å²) in [6.07, 6.45) is 0.681. The lowest BCUT2D eigenvalue weighted by molar-refractivity contribution is 0.104. The molecule has 3 heteroatoms. The lowest BCUT2D eigenvalue weighted by Crippen LogP contribution is -1.97. The van der Waals surface area contributed by atoms with E-state index in [-0.39, 0.29) is 6.61 Å². The first-order valence-electron chi connectivity index (χ1n) is 4.26. The van der Waals surface area contributed by atoms with Gasteiger partial charge in [0.1, 0.15) is 0 Å². The summed E-state index contributed by atoms with van der Waals surface area (Å²) in [5.41, 5.74) is 1.06. The molecule has 0 saturated heterocycles. The minimum atomic E-state index is 0.176. The second-order valence-corrected chi connectivity index (χ2v) is 3.20. The van der Waals surface area contributed by atoms with Gasteiger partial charge < -0.3 is 9.84 Å². The third-order valence-electron chi connectivity index (χ3n) is 1.60. The van der Waals surface area contributed by atoms with Crippen molar-refractivity contribution in [3.63, 3.8) is 0 Å². The molecule has 72 valence electrons. The van der Waals surface area contributed by atoms with Crippen molar-refractivity contribution in [2.45, 2.75) is 13.0 Å². The largest absolute Gasteiger partial charge is 0.396 e. The van der Waals surface area contributed by atoms with Crippen molar-refractivity contribution in [1.82, 2.24) is 0 Å². The molecule has 0 radical (unpaired) electrons. The molecule has 0 atom stereocenters. The monoisotopic (exact) mass is 200 g/mol. The molecule has 1 N–H and O–H groups in total. The molecule has 0 aromatic heterocycles. The van der Waals surface area contributed by atoms with E-state index in [0.717, 1.165) is 10.6 Å². The predicted octanol–water partition coefficient (Wildman–Crippen LogP) is 2.24. The quantitative estimate of drug-likeness (QED) is 0.739. The molecule has 0 aliphatic rings. The van der Waals surface area contributed by atoms with Crippen molar-refractivity contribution < 1.29 is 9.84 Å². The second kappa shape index (κ2) is 5.97. The maximum absolute atomic E-state index is 8.51. The zero-order chi connectivity index (χ0) is 9.52. The van der Waals surface area contributed by atoms with E-state index < -0.39 is 0 Å². The van der Waals surface area contributed by atoms with Crippen LogP contribution < -0.4 is 0 Å². The fraction of sp³-hybridized carbons (Fsp3) is 0.400. The van der Waals surface area contributed by atoms with Crippen LogP contribution in [-0.2, 0) is 11.3 Å². The van der Waals surface area contributed by atoms with Gasteiger partial charge in [-0.25, -0.2) is 0 Å². The zero-order valence-electron chi connectivity index (χ0n) is 7.37. The third kappa shape index (κ3) is 4.27. The van der Waals surface area contributed by atoms with Crippen LogP contribution in [0.1, 0.15) is 12.0 Å². The Kier molecular flexibility index (Phi) is 4.83. The topological polar surface area (TPSA) is 29.5 Å². The Hall–Kier alpha value is -0.570. The molecule has 0 aliphatic heterocycles. The molecular weight excluding hydrogens is 188 g/mol. The highest BCUT2D eigenvalue weighted by Crippen LogP contribution is 2.11. The van der Waals surface area contributed by atoms with Crippen LogP contribution in [0.5, 0.6) is 0 Å². The van der Waals surface area contributed by atoms with E-state index in [1.807, 2.05) is 24.3 Å². The molecule has 0 fully saturated rings. The van der Waals surface area contributed by atoms with Crippen LogP contribution in [0.4, 0.5) is 0 Å². The second-order valence-electron chi connectivity index (χ2n) is 2.76. The van der Waals surface area contributed by atoms with E-state index in [1.165, 1.54) is 0 Å². The van der Waals surface area contributed by atoms with Gasteiger partial charge in [0.15, 0.2) is 0 Å². The van der Waals surface area contributed by atoms with Crippen molar-refractivity contribution in [2.24, 2.45) is 0 Å². The summed E-state index contributed by atoms with van der Waals surface area (Å²) in [6.45, 7) is 1.32. The van der Waals surface area contributed by atoms with Gasteiger partial charge in [0.2, 0.25) is 0 Å². The Morgan fingerprint density at radius 1 is 1.38 bits per heavy atom. The van der Waals surface area contributed by atoms with Gasteiger partial charge in [0.05, 0.1) is 6.61 Å². The van der Waals surface area contributed by atoms with E-state index in [1.54, 1.807) is 0 Å². The maximum Gasteiger partial charge on any atom is 0.0717 e. The molecule has 0 heterocycles. The van der Waals surface area contributed by atoms with E-state index in [2.05, 4.69) is 0 Å². The zero-order valence-corrected chi connectivity index (χ0v) is 8.13. The first-order valence-corrected chi connectivity index (χ1v) is 4.64.